The van der Waals surface area contributed by atoms with Crippen LogP contribution in [0.25, 0.3) is 0 Å². The van der Waals surface area contributed by atoms with E-state index in [2.05, 4.69) is 0 Å². The van der Waals surface area contributed by atoms with Gasteiger partial charge in [0, 0.05) is 0 Å². The zero-order valence-corrected chi connectivity index (χ0v) is 9.47. The minimum Gasteiger partial charge on any atom is -1.00 e. The molecule has 10 heavy (non-hydrogen) atoms. The van der Waals surface area contributed by atoms with Crippen LogP contribution in [-0.2, 0) is 9.59 Å². The van der Waals surface area contributed by atoms with Gasteiger partial charge >= 0.3 is 63.3 Å². The third-order valence-electron chi connectivity index (χ3n) is 0.553. The second kappa shape index (κ2) is 9.87. The molecule has 0 unspecified atom stereocenters. The first-order valence-corrected chi connectivity index (χ1v) is 2.06. The van der Waals surface area contributed by atoms with Crippen molar-refractivity contribution in [1.82, 2.24) is 0 Å². The van der Waals surface area contributed by atoms with E-state index in [1.165, 1.54) is 0 Å². The number of hydrogen-bond acceptors (Lipinski definition) is 2. The number of hydrogen-bond donors (Lipinski definition) is 2. The molecule has 56 valence electrons. The predicted molar refractivity (Wildman–Crippen MR) is 32.9 cm³/mol. The number of carbonyl (C=O) groups is 2. The molecule has 0 aliphatic heterocycles. The second-order valence-electron chi connectivity index (χ2n) is 1.29. The summed E-state index contributed by atoms with van der Waals surface area (Å²) >= 11 is 0. The standard InChI is InChI=1S/C4H6O4.ClH.K.H/c5-3(6)1-2-4(7)8;;;/h1-2H2,(H,5,6)(H,7,8);1H;;/q;;+1;-1. The maximum Gasteiger partial charge on any atom is 1.00 e. The molecule has 2 N–H and O–H groups in total. The van der Waals surface area contributed by atoms with Gasteiger partial charge in [-0.2, -0.15) is 0 Å². The van der Waals surface area contributed by atoms with Crippen LogP contribution in [0.3, 0.4) is 0 Å². The fourth-order valence-corrected chi connectivity index (χ4v) is 0.214. The molecule has 0 rings (SSSR count). The zero-order valence-electron chi connectivity index (χ0n) is 6.53. The monoisotopic (exact) mass is 194 g/mol. The maximum atomic E-state index is 9.64. The third kappa shape index (κ3) is 15.9. The van der Waals surface area contributed by atoms with E-state index in [0.29, 0.717) is 0 Å². The summed E-state index contributed by atoms with van der Waals surface area (Å²) in [5, 5.41) is 15.8. The molecule has 0 bridgehead atoms. The Morgan fingerprint density at radius 1 is 1.10 bits per heavy atom. The molecule has 0 aliphatic rings. The van der Waals surface area contributed by atoms with Crippen LogP contribution in [0.15, 0.2) is 0 Å². The van der Waals surface area contributed by atoms with Crippen molar-refractivity contribution in [2.45, 2.75) is 12.8 Å². The van der Waals surface area contributed by atoms with E-state index in [4.69, 9.17) is 10.2 Å². The van der Waals surface area contributed by atoms with Gasteiger partial charge in [0.15, 0.2) is 0 Å². The van der Waals surface area contributed by atoms with E-state index in [1.807, 2.05) is 0 Å². The summed E-state index contributed by atoms with van der Waals surface area (Å²) in [5.74, 6) is -2.15. The van der Waals surface area contributed by atoms with Gasteiger partial charge in [0.05, 0.1) is 12.8 Å². The molecule has 0 aromatic rings. The molecule has 0 aliphatic carbocycles. The Morgan fingerprint density at radius 2 is 1.30 bits per heavy atom. The average Bonchev–Trinajstić information content (AvgIpc) is 1.61. The zero-order chi connectivity index (χ0) is 6.57. The van der Waals surface area contributed by atoms with E-state index in [-0.39, 0.29) is 78.1 Å². The number of carboxylic acids is 2. The Hall–Kier alpha value is 0.866. The minimum absolute atomic E-state index is 0. The van der Waals surface area contributed by atoms with E-state index in [1.54, 1.807) is 0 Å². The van der Waals surface area contributed by atoms with Crippen LogP contribution in [0.4, 0.5) is 0 Å². The Morgan fingerprint density at radius 3 is 1.40 bits per heavy atom. The molecule has 0 spiro atoms. The summed E-state index contributed by atoms with van der Waals surface area (Å²) in [4.78, 5) is 19.3. The second-order valence-corrected chi connectivity index (χ2v) is 1.29. The van der Waals surface area contributed by atoms with E-state index in [0.717, 1.165) is 0 Å². The van der Waals surface area contributed by atoms with Crippen molar-refractivity contribution in [2.24, 2.45) is 0 Å². The molecule has 0 amide bonds. The number of carboxylic acid groups (broad SMARTS) is 2. The molecule has 0 fully saturated rings. The Labute approximate surface area is 108 Å². The van der Waals surface area contributed by atoms with E-state index < -0.39 is 11.9 Å². The number of rotatable bonds is 3. The Kier molecular flexibility index (Phi) is 16.9. The molecule has 0 aromatic heterocycles. The quantitative estimate of drug-likeness (QED) is 0.486. The first kappa shape index (κ1) is 17.1. The van der Waals surface area contributed by atoms with E-state index >= 15 is 0 Å². The predicted octanol–water partition coefficient (Wildman–Crippen LogP) is -2.53. The Bertz CT molecular complexity index is 107. The Balaban J connectivity index is -0.0000000817. The van der Waals surface area contributed by atoms with Gasteiger partial charge in [-0.05, 0) is 0 Å². The average molecular weight is 195 g/mol. The van der Waals surface area contributed by atoms with Gasteiger partial charge in [-0.1, -0.05) is 0 Å². The summed E-state index contributed by atoms with van der Waals surface area (Å²) in [6.07, 6.45) is -0.593. The minimum atomic E-state index is -1.08. The van der Waals surface area contributed by atoms with Crippen LogP contribution in [0.1, 0.15) is 14.3 Å². The number of halogens is 1. The molecular weight excluding hydrogens is 187 g/mol. The van der Waals surface area contributed by atoms with Crippen LogP contribution < -0.4 is 51.4 Å². The molecule has 0 heterocycles. The summed E-state index contributed by atoms with van der Waals surface area (Å²) in [5.41, 5.74) is 0. The van der Waals surface area contributed by atoms with Crippen LogP contribution in [0, 0.1) is 0 Å². The van der Waals surface area contributed by atoms with Crippen molar-refractivity contribution in [3.05, 3.63) is 0 Å². The molecule has 0 saturated heterocycles. The molecule has 0 saturated carbocycles. The smallest absolute Gasteiger partial charge is 1.00 e. The molecular formula is C4H8ClKO4. The summed E-state index contributed by atoms with van der Waals surface area (Å²) < 4.78 is 0. The van der Waals surface area contributed by atoms with Crippen LogP contribution in [0.2, 0.25) is 0 Å². The van der Waals surface area contributed by atoms with E-state index in [9.17, 15) is 9.59 Å². The van der Waals surface area contributed by atoms with Crippen LogP contribution >= 0.6 is 12.4 Å². The molecule has 0 aromatic carbocycles. The van der Waals surface area contributed by atoms with Gasteiger partial charge in [-0.3, -0.25) is 9.59 Å². The summed E-state index contributed by atoms with van der Waals surface area (Å²) in [6.45, 7) is 0. The molecule has 0 atom stereocenters. The van der Waals surface area contributed by atoms with Gasteiger partial charge in [-0.25, -0.2) is 0 Å². The topological polar surface area (TPSA) is 74.6 Å². The largest absolute Gasteiger partial charge is 1.00 e. The van der Waals surface area contributed by atoms with Crippen molar-refractivity contribution in [3.63, 3.8) is 0 Å². The third-order valence-corrected chi connectivity index (χ3v) is 0.553. The first-order chi connectivity index (χ1) is 3.63. The normalized spacial score (nSPS) is 6.80. The van der Waals surface area contributed by atoms with Gasteiger partial charge in [0.25, 0.3) is 0 Å². The van der Waals surface area contributed by atoms with Crippen molar-refractivity contribution >= 4 is 24.3 Å². The first-order valence-electron chi connectivity index (χ1n) is 2.06. The van der Waals surface area contributed by atoms with Gasteiger partial charge in [0.2, 0.25) is 0 Å². The maximum absolute atomic E-state index is 9.64. The van der Waals surface area contributed by atoms with Gasteiger partial charge < -0.3 is 11.6 Å². The van der Waals surface area contributed by atoms with Crippen molar-refractivity contribution < 1.29 is 72.6 Å². The fraction of sp³-hybridized carbons (Fsp3) is 0.500. The van der Waals surface area contributed by atoms with Crippen molar-refractivity contribution in [1.29, 1.82) is 0 Å². The molecule has 0 radical (unpaired) electrons. The van der Waals surface area contributed by atoms with Crippen molar-refractivity contribution in [2.75, 3.05) is 0 Å². The molecule has 6 heteroatoms. The fourth-order valence-electron chi connectivity index (χ4n) is 0.214. The van der Waals surface area contributed by atoms with Crippen LogP contribution in [-0.4, -0.2) is 22.2 Å². The summed E-state index contributed by atoms with van der Waals surface area (Å²) in [7, 11) is 0. The van der Waals surface area contributed by atoms with Crippen molar-refractivity contribution in [3.8, 4) is 0 Å². The van der Waals surface area contributed by atoms with Crippen LogP contribution in [0.5, 0.6) is 0 Å². The van der Waals surface area contributed by atoms with Gasteiger partial charge in [-0.15, -0.1) is 12.4 Å². The SMILES string of the molecule is Cl.O=C(O)CCC(=O)O.[H-].[K+]. The number of aliphatic carboxylic acids is 2. The summed E-state index contributed by atoms with van der Waals surface area (Å²) in [6, 6.07) is 0. The molecule has 4 nitrogen and oxygen atoms in total. The van der Waals surface area contributed by atoms with Gasteiger partial charge in [0.1, 0.15) is 0 Å².